The molecule has 0 rings (SSSR count). The zero-order valence-corrected chi connectivity index (χ0v) is 5.76. The molecule has 0 saturated carbocycles. The van der Waals surface area contributed by atoms with Crippen molar-refractivity contribution in [2.24, 2.45) is 0 Å². The molecule has 0 aliphatic heterocycles. The molecule has 0 aromatic heterocycles. The van der Waals surface area contributed by atoms with Crippen LogP contribution in [0.2, 0.25) is 0 Å². The quantitative estimate of drug-likeness (QED) is 0.331. The monoisotopic (exact) mass is 202 g/mol. The summed E-state index contributed by atoms with van der Waals surface area (Å²) in [7, 11) is 0. The molecule has 0 amide bonds. The van der Waals surface area contributed by atoms with Gasteiger partial charge in [0.25, 0.3) is 11.4 Å². The van der Waals surface area contributed by atoms with Crippen molar-refractivity contribution in [2.45, 2.75) is 0 Å². The van der Waals surface area contributed by atoms with E-state index in [1.54, 1.807) is 0 Å². The summed E-state index contributed by atoms with van der Waals surface area (Å²) in [5.74, 6) is 0. The number of rotatable bonds is 0. The molecule has 0 heterocycles. The predicted molar refractivity (Wildman–Crippen MR) is 17.7 cm³/mol. The fourth-order valence-electron chi connectivity index (χ4n) is 0. The standard InChI is InChI=1S/Mn.H2O3S.H2O.3O/c;1-4(2)3;;;;/h;(H2,1,2,3);1H2;;;/q+1;;;;;/p-1. The first kappa shape index (κ1) is 11.7. The second-order valence-corrected chi connectivity index (χ2v) is 2.32. The summed E-state index contributed by atoms with van der Waals surface area (Å²) in [4.78, 5) is 0. The second-order valence-electron chi connectivity index (χ2n) is 0.627. The van der Waals surface area contributed by atoms with Crippen molar-refractivity contribution < 1.29 is 42.0 Å². The Hall–Kier alpha value is -0.0505. The zero-order chi connectivity index (χ0) is 8.08. The Morgan fingerprint density at radius 1 is 1.11 bits per heavy atom. The van der Waals surface area contributed by atoms with Crippen molar-refractivity contribution in [1.82, 2.24) is 0 Å². The summed E-state index contributed by atoms with van der Waals surface area (Å²) in [6.45, 7) is 0. The van der Waals surface area contributed by atoms with Crippen LogP contribution in [0.5, 0.6) is 0 Å². The molecule has 0 radical (unpaired) electrons. The van der Waals surface area contributed by atoms with Gasteiger partial charge in [0, 0.05) is 0 Å². The maximum atomic E-state index is 8.69. The van der Waals surface area contributed by atoms with Crippen LogP contribution in [-0.2, 0) is 35.8 Å². The molecule has 0 fully saturated rings. The van der Waals surface area contributed by atoms with Crippen molar-refractivity contribution in [2.75, 3.05) is 0 Å². The second kappa shape index (κ2) is 4.79. The van der Waals surface area contributed by atoms with Crippen LogP contribution in [0.15, 0.2) is 0 Å². The average Bonchev–Trinajstić information content (AvgIpc) is 1.19. The van der Waals surface area contributed by atoms with Crippen molar-refractivity contribution in [3.05, 3.63) is 0 Å². The van der Waals surface area contributed by atoms with E-state index in [0.29, 0.717) is 0 Å². The predicted octanol–water partition coefficient (Wildman–Crippen LogP) is -1.23. The normalized spacial score (nSPS) is 10.2. The summed E-state index contributed by atoms with van der Waals surface area (Å²) in [5.41, 5.74) is 0. The zero-order valence-electron chi connectivity index (χ0n) is 3.76. The molecule has 9 heteroatoms. The molecular formula is H3MnO7S. The fraction of sp³-hybridized carbons (Fsp3) is 0. The van der Waals surface area contributed by atoms with Gasteiger partial charge in [-0.05, 0) is 0 Å². The molecule has 9 heavy (non-hydrogen) atoms. The summed E-state index contributed by atoms with van der Waals surface area (Å²) >= 11 is -7.99. The van der Waals surface area contributed by atoms with Crippen LogP contribution >= 0.6 is 0 Å². The Morgan fingerprint density at radius 2 is 1.11 bits per heavy atom. The van der Waals surface area contributed by atoms with Crippen LogP contribution in [0.4, 0.5) is 0 Å². The van der Waals surface area contributed by atoms with Gasteiger partial charge < -0.3 is 0 Å². The van der Waals surface area contributed by atoms with E-state index in [4.69, 9.17) is 29.0 Å². The Labute approximate surface area is 54.0 Å². The summed E-state index contributed by atoms with van der Waals surface area (Å²) in [5, 5.41) is 0. The molecule has 0 atom stereocenters. The third kappa shape index (κ3) is 110000. The third-order valence-corrected chi connectivity index (χ3v) is 0. The van der Waals surface area contributed by atoms with Gasteiger partial charge in [-0.3, -0.25) is 9.11 Å². The van der Waals surface area contributed by atoms with Gasteiger partial charge in [-0.15, -0.1) is 0 Å². The van der Waals surface area contributed by atoms with Gasteiger partial charge >= 0.3 is 28.7 Å². The molecule has 0 saturated heterocycles. The molecule has 0 spiro atoms. The summed E-state index contributed by atoms with van der Waals surface area (Å²) < 4.78 is 55.9. The van der Waals surface area contributed by atoms with Crippen LogP contribution in [0.3, 0.4) is 0 Å². The van der Waals surface area contributed by atoms with Crippen molar-refractivity contribution in [3.63, 3.8) is 0 Å². The van der Waals surface area contributed by atoms with Crippen LogP contribution in [0, 0.1) is 0 Å². The Kier molecular flexibility index (Phi) is 6.24. The first-order valence-corrected chi connectivity index (χ1v) is 4.20. The molecule has 0 unspecified atom stereocenters. The van der Waals surface area contributed by atoms with Gasteiger partial charge in [0.1, 0.15) is 0 Å². The van der Waals surface area contributed by atoms with E-state index in [0.717, 1.165) is 0 Å². The van der Waals surface area contributed by atoms with Gasteiger partial charge in [-0.25, -0.2) is 0 Å². The molecule has 0 aliphatic rings. The SMILES string of the molecule is O=S(O)O.[O]=[Mn](=[O])(=[O])[OH]. The first-order chi connectivity index (χ1) is 3.73. The van der Waals surface area contributed by atoms with E-state index < -0.39 is 24.3 Å². The molecule has 58 valence electrons. The molecule has 7 nitrogen and oxygen atoms in total. The number of hydrogen-bond acceptors (Lipinski definition) is 4. The van der Waals surface area contributed by atoms with E-state index in [1.807, 2.05) is 0 Å². The van der Waals surface area contributed by atoms with Crippen LogP contribution in [0.1, 0.15) is 0 Å². The first-order valence-electron chi connectivity index (χ1n) is 1.16. The van der Waals surface area contributed by atoms with E-state index in [2.05, 4.69) is 0 Å². The van der Waals surface area contributed by atoms with Crippen molar-refractivity contribution in [3.8, 4) is 0 Å². The molecule has 0 bridgehead atoms. The van der Waals surface area contributed by atoms with Crippen molar-refractivity contribution >= 4 is 11.4 Å². The Balaban J connectivity index is 0. The van der Waals surface area contributed by atoms with E-state index in [1.165, 1.54) is 0 Å². The third-order valence-electron chi connectivity index (χ3n) is 0. The minimum absolute atomic E-state index is 2.61. The van der Waals surface area contributed by atoms with E-state index in [-0.39, 0.29) is 0 Å². The van der Waals surface area contributed by atoms with E-state index >= 15 is 0 Å². The maximum absolute atomic E-state index is 8.69. The molecular weight excluding hydrogens is 199 g/mol. The van der Waals surface area contributed by atoms with Gasteiger partial charge in [-0.1, -0.05) is 0 Å². The average molecular weight is 202 g/mol. The molecule has 0 aromatic rings. The van der Waals surface area contributed by atoms with Gasteiger partial charge in [0.15, 0.2) is 0 Å². The van der Waals surface area contributed by atoms with Crippen LogP contribution < -0.4 is 0 Å². The van der Waals surface area contributed by atoms with Crippen LogP contribution in [-0.4, -0.2) is 17.5 Å². The fourth-order valence-corrected chi connectivity index (χ4v) is 0. The Morgan fingerprint density at radius 3 is 1.11 bits per heavy atom. The Bertz CT molecular complexity index is 194. The summed E-state index contributed by atoms with van der Waals surface area (Å²) in [6, 6.07) is 0. The van der Waals surface area contributed by atoms with Crippen molar-refractivity contribution in [1.29, 1.82) is 0 Å². The van der Waals surface area contributed by atoms with Gasteiger partial charge in [0.05, 0.1) is 0 Å². The number of hydrogen-bond donors (Lipinski definition) is 3. The molecule has 3 N–H and O–H groups in total. The van der Waals surface area contributed by atoms with E-state index in [9.17, 15) is 0 Å². The molecule has 0 aromatic carbocycles. The van der Waals surface area contributed by atoms with Gasteiger partial charge in [0.2, 0.25) is 0 Å². The van der Waals surface area contributed by atoms with Gasteiger partial charge in [-0.2, -0.15) is 4.21 Å². The topological polar surface area (TPSA) is 129 Å². The molecule has 0 aliphatic carbocycles. The van der Waals surface area contributed by atoms with Crippen LogP contribution in [0.25, 0.3) is 0 Å². The summed E-state index contributed by atoms with van der Waals surface area (Å²) in [6.07, 6.45) is 0. The minimum atomic E-state index is -5.38.